The molecule has 0 aliphatic heterocycles. The molecular formula is C24H18ClN3O4S. The number of aromatic nitrogens is 2. The normalized spacial score (nSPS) is 11.8. The molecular weight excluding hydrogens is 462 g/mol. The second-order valence-corrected chi connectivity index (χ2v) is 10.0. The van der Waals surface area contributed by atoms with Gasteiger partial charge < -0.3 is 9.73 Å². The second-order valence-electron chi connectivity index (χ2n) is 7.61. The van der Waals surface area contributed by atoms with Crippen LogP contribution in [0.5, 0.6) is 0 Å². The van der Waals surface area contributed by atoms with Crippen LogP contribution in [0.25, 0.3) is 27.9 Å². The van der Waals surface area contributed by atoms with E-state index in [-0.39, 0.29) is 27.5 Å². The van der Waals surface area contributed by atoms with E-state index in [2.05, 4.69) is 10.3 Å². The van der Waals surface area contributed by atoms with Crippen LogP contribution in [0.3, 0.4) is 0 Å². The van der Waals surface area contributed by atoms with Crippen molar-refractivity contribution in [2.45, 2.75) is 11.8 Å². The van der Waals surface area contributed by atoms with Crippen LogP contribution in [-0.4, -0.2) is 23.7 Å². The first-order valence-corrected chi connectivity index (χ1v) is 12.1. The van der Waals surface area contributed by atoms with Gasteiger partial charge in [-0.15, -0.1) is 0 Å². The Morgan fingerprint density at radius 3 is 2.67 bits per heavy atom. The van der Waals surface area contributed by atoms with E-state index in [1.165, 1.54) is 12.3 Å². The van der Waals surface area contributed by atoms with Gasteiger partial charge in [-0.2, -0.15) is 0 Å². The molecule has 0 atom stereocenters. The maximum atomic E-state index is 13.3. The first kappa shape index (κ1) is 21.2. The summed E-state index contributed by atoms with van der Waals surface area (Å²) in [5, 5.41) is 3.70. The minimum absolute atomic E-state index is 0.198. The summed E-state index contributed by atoms with van der Waals surface area (Å²) in [5.41, 5.74) is 2.09. The first-order valence-electron chi connectivity index (χ1n) is 10.1. The van der Waals surface area contributed by atoms with E-state index in [0.717, 1.165) is 5.56 Å². The summed E-state index contributed by atoms with van der Waals surface area (Å²) in [5.74, 6) is -0.00814. The van der Waals surface area contributed by atoms with Crippen LogP contribution in [-0.2, 0) is 9.84 Å². The number of imidazole rings is 1. The van der Waals surface area contributed by atoms with E-state index in [1.807, 2.05) is 13.0 Å². The molecule has 9 heteroatoms. The summed E-state index contributed by atoms with van der Waals surface area (Å²) in [6.45, 7) is 1.89. The summed E-state index contributed by atoms with van der Waals surface area (Å²) >= 11 is 6.07. The molecule has 3 heterocycles. The van der Waals surface area contributed by atoms with Gasteiger partial charge in [0.1, 0.15) is 34.9 Å². The Kier molecular flexibility index (Phi) is 5.19. The molecule has 0 aliphatic carbocycles. The summed E-state index contributed by atoms with van der Waals surface area (Å²) in [6.07, 6.45) is 3.08. The van der Waals surface area contributed by atoms with Gasteiger partial charge >= 0.3 is 0 Å². The fourth-order valence-electron chi connectivity index (χ4n) is 3.61. The highest BCUT2D eigenvalue weighted by Gasteiger charge is 2.21. The van der Waals surface area contributed by atoms with Crippen LogP contribution in [0.1, 0.15) is 5.56 Å². The molecule has 0 spiro atoms. The van der Waals surface area contributed by atoms with Crippen LogP contribution in [0.15, 0.2) is 87.2 Å². The van der Waals surface area contributed by atoms with Gasteiger partial charge in [-0.3, -0.25) is 9.20 Å². The molecule has 0 unspecified atom stereocenters. The van der Waals surface area contributed by atoms with Crippen LogP contribution in [0, 0.1) is 6.92 Å². The quantitative estimate of drug-likeness (QED) is 0.385. The van der Waals surface area contributed by atoms with Crippen molar-refractivity contribution in [1.29, 1.82) is 0 Å². The van der Waals surface area contributed by atoms with Gasteiger partial charge in [0.15, 0.2) is 9.84 Å². The average Bonchev–Trinajstić information content (AvgIpc) is 3.17. The van der Waals surface area contributed by atoms with Crippen molar-refractivity contribution in [3.8, 4) is 11.3 Å². The second kappa shape index (κ2) is 8.06. The van der Waals surface area contributed by atoms with E-state index in [9.17, 15) is 13.2 Å². The van der Waals surface area contributed by atoms with Crippen molar-refractivity contribution in [3.05, 3.63) is 93.9 Å². The lowest BCUT2D eigenvalue weighted by atomic mass is 10.1. The Morgan fingerprint density at radius 2 is 1.88 bits per heavy atom. The summed E-state index contributed by atoms with van der Waals surface area (Å²) in [6, 6.07) is 16.8. The number of anilines is 1. The summed E-state index contributed by atoms with van der Waals surface area (Å²) in [4.78, 5) is 18.0. The largest absolute Gasteiger partial charge is 0.463 e. The minimum atomic E-state index is -3.64. The molecule has 5 aromatic rings. The Balaban J connectivity index is 1.62. The lowest BCUT2D eigenvalue weighted by molar-refractivity contribution is 0.597. The lowest BCUT2D eigenvalue weighted by Gasteiger charge is -2.10. The third-order valence-corrected chi connectivity index (χ3v) is 7.08. The number of benzene rings is 2. The van der Waals surface area contributed by atoms with Gasteiger partial charge in [0.25, 0.3) is 0 Å². The molecule has 5 rings (SSSR count). The number of fused-ring (bicyclic) bond motifs is 2. The Hall–Kier alpha value is -3.62. The number of nitrogens with one attached hydrogen (secondary N) is 1. The van der Waals surface area contributed by atoms with E-state index >= 15 is 0 Å². The zero-order valence-electron chi connectivity index (χ0n) is 17.4. The van der Waals surface area contributed by atoms with Crippen molar-refractivity contribution in [2.75, 3.05) is 11.2 Å². The molecule has 7 nitrogen and oxygen atoms in total. The molecule has 33 heavy (non-hydrogen) atoms. The van der Waals surface area contributed by atoms with Gasteiger partial charge in [-0.1, -0.05) is 35.4 Å². The fourth-order valence-corrected chi connectivity index (χ4v) is 4.83. The molecule has 166 valence electrons. The zero-order chi connectivity index (χ0) is 23.2. The monoisotopic (exact) mass is 479 g/mol. The molecule has 0 saturated heterocycles. The maximum absolute atomic E-state index is 13.3. The molecule has 0 radical (unpaired) electrons. The van der Waals surface area contributed by atoms with Gasteiger partial charge in [0.05, 0.1) is 15.8 Å². The summed E-state index contributed by atoms with van der Waals surface area (Å²) < 4.78 is 33.2. The van der Waals surface area contributed by atoms with Crippen molar-refractivity contribution in [3.63, 3.8) is 0 Å². The van der Waals surface area contributed by atoms with E-state index in [1.54, 1.807) is 59.1 Å². The number of halogens is 1. The predicted octanol–water partition coefficient (Wildman–Crippen LogP) is 4.91. The van der Waals surface area contributed by atoms with E-state index < -0.39 is 9.84 Å². The number of aryl methyl sites for hydroxylation is 1. The van der Waals surface area contributed by atoms with Crippen molar-refractivity contribution in [1.82, 2.24) is 9.38 Å². The van der Waals surface area contributed by atoms with Crippen LogP contribution >= 0.6 is 11.6 Å². The van der Waals surface area contributed by atoms with Gasteiger partial charge in [-0.25, -0.2) is 13.4 Å². The molecule has 0 amide bonds. The van der Waals surface area contributed by atoms with Crippen LogP contribution < -0.4 is 10.7 Å². The number of pyridine rings is 1. The number of hydrogen-bond donors (Lipinski definition) is 1. The molecule has 3 aromatic heterocycles. The van der Waals surface area contributed by atoms with Crippen molar-refractivity contribution in [2.24, 2.45) is 0 Å². The standard InChI is InChI=1S/C24H18ClN3O4S/c1-15-5-8-17(9-6-15)33(30,31)14-26-24-22(27-21-4-2-3-11-28(21)24)19-13-32-20-10-7-16(25)12-18(20)23(19)29/h2-13,26H,14H2,1H3. The molecule has 1 N–H and O–H groups in total. The minimum Gasteiger partial charge on any atom is -0.463 e. The highest BCUT2D eigenvalue weighted by molar-refractivity contribution is 7.91. The molecule has 0 bridgehead atoms. The highest BCUT2D eigenvalue weighted by Crippen LogP contribution is 2.29. The van der Waals surface area contributed by atoms with Crippen LogP contribution in [0.4, 0.5) is 5.82 Å². The lowest BCUT2D eigenvalue weighted by Crippen LogP contribution is -2.17. The molecule has 0 aliphatic rings. The average molecular weight is 480 g/mol. The SMILES string of the molecule is Cc1ccc(S(=O)(=O)CNc2c(-c3coc4ccc(Cl)cc4c3=O)nc3ccccn23)cc1. The molecule has 2 aromatic carbocycles. The summed E-state index contributed by atoms with van der Waals surface area (Å²) in [7, 11) is -3.64. The fraction of sp³-hybridized carbons (Fsp3) is 0.0833. The predicted molar refractivity (Wildman–Crippen MR) is 129 cm³/mol. The number of rotatable bonds is 5. The first-order chi connectivity index (χ1) is 15.8. The topological polar surface area (TPSA) is 93.7 Å². The van der Waals surface area contributed by atoms with Gasteiger partial charge in [0, 0.05) is 11.2 Å². The number of nitrogens with zero attached hydrogens (tertiary/aromatic N) is 2. The molecule has 0 fully saturated rings. The zero-order valence-corrected chi connectivity index (χ0v) is 19.0. The number of sulfone groups is 1. The number of hydrogen-bond acceptors (Lipinski definition) is 6. The smallest absolute Gasteiger partial charge is 0.202 e. The van der Waals surface area contributed by atoms with Crippen molar-refractivity contribution >= 4 is 43.9 Å². The highest BCUT2D eigenvalue weighted by atomic mass is 35.5. The van der Waals surface area contributed by atoms with E-state index in [4.69, 9.17) is 16.0 Å². The van der Waals surface area contributed by atoms with Crippen molar-refractivity contribution < 1.29 is 12.8 Å². The third-order valence-electron chi connectivity index (χ3n) is 5.33. The van der Waals surface area contributed by atoms with Gasteiger partial charge in [0.2, 0.25) is 5.43 Å². The Bertz CT molecular complexity index is 1670. The Morgan fingerprint density at radius 1 is 1.09 bits per heavy atom. The van der Waals surface area contributed by atoms with E-state index in [0.29, 0.717) is 27.5 Å². The maximum Gasteiger partial charge on any atom is 0.202 e. The molecule has 0 saturated carbocycles. The third kappa shape index (κ3) is 3.88. The van der Waals surface area contributed by atoms with Gasteiger partial charge in [-0.05, 0) is 49.4 Å². The van der Waals surface area contributed by atoms with Crippen LogP contribution in [0.2, 0.25) is 5.02 Å². The Labute approximate surface area is 194 Å².